The Bertz CT molecular complexity index is 1720. The third-order valence-corrected chi connectivity index (χ3v) is 5.87. The predicted molar refractivity (Wildman–Crippen MR) is 129 cm³/mol. The maximum Gasteiger partial charge on any atom is 0.326 e. The summed E-state index contributed by atoms with van der Waals surface area (Å²) in [5.74, 6) is 1.34. The summed E-state index contributed by atoms with van der Waals surface area (Å²) in [4.78, 5) is 30.2. The maximum atomic E-state index is 11.5. The molecule has 5 aromatic rings. The van der Waals surface area contributed by atoms with Crippen LogP contribution in [0.3, 0.4) is 0 Å². The van der Waals surface area contributed by atoms with E-state index in [0.29, 0.717) is 34.8 Å². The topological polar surface area (TPSA) is 141 Å². The molecule has 4 aromatic heterocycles. The fourth-order valence-electron chi connectivity index (χ4n) is 3.95. The molecule has 0 amide bonds. The molecule has 176 valence electrons. The molecule has 0 radical (unpaired) electrons. The van der Waals surface area contributed by atoms with Crippen molar-refractivity contribution in [2.75, 3.05) is 5.32 Å². The van der Waals surface area contributed by atoms with E-state index in [1.165, 1.54) is 0 Å². The molecule has 0 saturated heterocycles. The van der Waals surface area contributed by atoms with Gasteiger partial charge in [-0.1, -0.05) is 12.1 Å². The smallest absolute Gasteiger partial charge is 0.326 e. The molecule has 1 aliphatic rings. The van der Waals surface area contributed by atoms with Gasteiger partial charge in [-0.05, 0) is 43.5 Å². The normalized spacial score (nSPS) is 14.8. The zero-order valence-electron chi connectivity index (χ0n) is 18.9. The highest BCUT2D eigenvalue weighted by Crippen LogP contribution is 2.22. The second-order valence-electron chi connectivity index (χ2n) is 8.55. The van der Waals surface area contributed by atoms with Gasteiger partial charge in [0.1, 0.15) is 17.3 Å². The lowest BCUT2D eigenvalue weighted by atomic mass is 10.2. The van der Waals surface area contributed by atoms with Crippen molar-refractivity contribution >= 4 is 17.5 Å². The van der Waals surface area contributed by atoms with Crippen LogP contribution in [0.5, 0.6) is 5.88 Å². The van der Waals surface area contributed by atoms with Crippen LogP contribution in [0, 0.1) is 6.92 Å². The number of H-pyrrole nitrogens is 2. The van der Waals surface area contributed by atoms with E-state index in [0.717, 1.165) is 29.9 Å². The summed E-state index contributed by atoms with van der Waals surface area (Å²) in [5, 5.41) is 18.5. The molecule has 1 fully saturated rings. The number of hydrogen-bond donors (Lipinski definition) is 4. The van der Waals surface area contributed by atoms with E-state index in [4.69, 9.17) is 9.98 Å². The van der Waals surface area contributed by atoms with Gasteiger partial charge in [0.25, 0.3) is 0 Å². The summed E-state index contributed by atoms with van der Waals surface area (Å²) >= 11 is 0. The molecular weight excluding hydrogens is 446 g/mol. The first-order valence-corrected chi connectivity index (χ1v) is 11.3. The van der Waals surface area contributed by atoms with Crippen molar-refractivity contribution in [1.29, 1.82) is 0 Å². The largest absolute Gasteiger partial charge is 0.493 e. The second-order valence-corrected chi connectivity index (χ2v) is 8.55. The Hall–Kier alpha value is -4.67. The number of nitrogens with one attached hydrogen (secondary N) is 3. The molecule has 11 nitrogen and oxygen atoms in total. The predicted octanol–water partition coefficient (Wildman–Crippen LogP) is 1.17. The summed E-state index contributed by atoms with van der Waals surface area (Å²) < 4.78 is 3.72. The summed E-state index contributed by atoms with van der Waals surface area (Å²) in [6.45, 7) is 2.53. The molecule has 4 N–H and O–H groups in total. The van der Waals surface area contributed by atoms with Crippen LogP contribution in [0.15, 0.2) is 58.7 Å². The Labute approximate surface area is 198 Å². The van der Waals surface area contributed by atoms with Crippen LogP contribution in [0.2, 0.25) is 0 Å². The summed E-state index contributed by atoms with van der Waals surface area (Å²) in [5.41, 5.74) is 3.18. The average molecular weight is 470 g/mol. The van der Waals surface area contributed by atoms with Crippen molar-refractivity contribution in [1.82, 2.24) is 34.1 Å². The average Bonchev–Trinajstić information content (AvgIpc) is 3.25. The van der Waals surface area contributed by atoms with Crippen LogP contribution in [0.25, 0.3) is 17.4 Å². The van der Waals surface area contributed by atoms with Crippen LogP contribution in [-0.4, -0.2) is 45.3 Å². The maximum absolute atomic E-state index is 11.5. The van der Waals surface area contributed by atoms with Gasteiger partial charge in [-0.2, -0.15) is 9.61 Å². The molecule has 35 heavy (non-hydrogen) atoms. The number of rotatable bonds is 6. The zero-order chi connectivity index (χ0) is 23.9. The van der Waals surface area contributed by atoms with Crippen LogP contribution in [0.4, 0.5) is 5.82 Å². The Kier molecular flexibility index (Phi) is 4.94. The zero-order valence-corrected chi connectivity index (χ0v) is 18.9. The van der Waals surface area contributed by atoms with Crippen molar-refractivity contribution in [2.24, 2.45) is 4.99 Å². The lowest BCUT2D eigenvalue weighted by Crippen LogP contribution is -2.20. The molecule has 0 spiro atoms. The third-order valence-electron chi connectivity index (χ3n) is 5.87. The number of benzene rings is 1. The summed E-state index contributed by atoms with van der Waals surface area (Å²) in [7, 11) is 0. The van der Waals surface area contributed by atoms with Crippen LogP contribution in [-0.2, 0) is 6.54 Å². The molecule has 0 unspecified atom stereocenters. The summed E-state index contributed by atoms with van der Waals surface area (Å²) in [6, 6.07) is 10.4. The SMILES string of the molecule is Cc1nccn1-c1cccc(CNc2cc(=NC3CC3)n3ncc(=Cc4[nH]c(=O)[nH]c4O)c3n2)c1. The van der Waals surface area contributed by atoms with E-state index in [1.54, 1.807) is 23.0 Å². The van der Waals surface area contributed by atoms with Crippen LogP contribution in [0.1, 0.15) is 29.9 Å². The fourth-order valence-corrected chi connectivity index (χ4v) is 3.95. The minimum atomic E-state index is -0.488. The number of nitrogens with zero attached hydrogens (tertiary/aromatic N) is 6. The van der Waals surface area contributed by atoms with Gasteiger partial charge in [0.15, 0.2) is 11.1 Å². The molecule has 0 bridgehead atoms. The molecule has 6 rings (SSSR count). The minimum Gasteiger partial charge on any atom is -0.493 e. The highest BCUT2D eigenvalue weighted by atomic mass is 16.3. The van der Waals surface area contributed by atoms with E-state index in [-0.39, 0.29) is 11.6 Å². The lowest BCUT2D eigenvalue weighted by molar-refractivity contribution is 0.454. The van der Waals surface area contributed by atoms with Crippen LogP contribution >= 0.6 is 0 Å². The highest BCUT2D eigenvalue weighted by molar-refractivity contribution is 5.58. The molecule has 0 aliphatic heterocycles. The molecule has 4 heterocycles. The number of aromatic amines is 2. The standard InChI is InChI=1S/C24H23N9O2/c1-14-25-7-8-32(14)18-4-2-3-15(9-18)12-26-20-11-21(28-17-5-6-17)33-22(30-20)16(13-27-33)10-19-23(34)31-24(35)29-19/h2-4,7-11,13,17,26,34H,5-6,12H2,1H3,(H2,29,31,35). The van der Waals surface area contributed by atoms with Gasteiger partial charge in [0.05, 0.1) is 12.2 Å². The Morgan fingerprint density at radius 3 is 2.91 bits per heavy atom. The Morgan fingerprint density at radius 1 is 1.29 bits per heavy atom. The number of aromatic hydroxyl groups is 1. The lowest BCUT2D eigenvalue weighted by Gasteiger charge is -2.10. The molecule has 0 atom stereocenters. The van der Waals surface area contributed by atoms with Gasteiger partial charge >= 0.3 is 5.69 Å². The van der Waals surface area contributed by atoms with Gasteiger partial charge < -0.3 is 20.0 Å². The Morgan fingerprint density at radius 2 is 2.17 bits per heavy atom. The van der Waals surface area contributed by atoms with E-state index < -0.39 is 5.69 Å². The third kappa shape index (κ3) is 4.19. The van der Waals surface area contributed by atoms with Crippen molar-refractivity contribution < 1.29 is 5.11 Å². The van der Waals surface area contributed by atoms with E-state index in [9.17, 15) is 9.90 Å². The number of hydrogen-bond acceptors (Lipinski definition) is 7. The number of aromatic nitrogens is 7. The first-order chi connectivity index (χ1) is 17.0. The van der Waals surface area contributed by atoms with Gasteiger partial charge in [0, 0.05) is 35.9 Å². The molecular formula is C24H23N9O2. The van der Waals surface area contributed by atoms with Gasteiger partial charge in [-0.25, -0.2) is 14.8 Å². The van der Waals surface area contributed by atoms with Gasteiger partial charge in [-0.15, -0.1) is 0 Å². The number of anilines is 1. The van der Waals surface area contributed by atoms with Crippen molar-refractivity contribution in [3.8, 4) is 11.6 Å². The molecule has 1 aliphatic carbocycles. The molecule has 11 heteroatoms. The van der Waals surface area contributed by atoms with Crippen molar-refractivity contribution in [3.05, 3.63) is 87.2 Å². The Balaban J connectivity index is 1.37. The molecule has 1 aromatic carbocycles. The monoisotopic (exact) mass is 469 g/mol. The van der Waals surface area contributed by atoms with E-state index in [2.05, 4.69) is 37.5 Å². The number of imidazole rings is 2. The first-order valence-electron chi connectivity index (χ1n) is 11.3. The van der Waals surface area contributed by atoms with Crippen molar-refractivity contribution in [2.45, 2.75) is 32.4 Å². The quantitative estimate of drug-likeness (QED) is 0.294. The van der Waals surface area contributed by atoms with E-state index >= 15 is 0 Å². The first kappa shape index (κ1) is 20.9. The minimum absolute atomic E-state index is 0.237. The van der Waals surface area contributed by atoms with Gasteiger partial charge in [0.2, 0.25) is 5.88 Å². The summed E-state index contributed by atoms with van der Waals surface area (Å²) in [6.07, 6.45) is 9.12. The number of fused-ring (bicyclic) bond motifs is 1. The van der Waals surface area contributed by atoms with Crippen molar-refractivity contribution in [3.63, 3.8) is 0 Å². The number of aryl methyl sites for hydroxylation is 1. The van der Waals surface area contributed by atoms with Gasteiger partial charge in [-0.3, -0.25) is 9.98 Å². The van der Waals surface area contributed by atoms with E-state index in [1.807, 2.05) is 35.9 Å². The highest BCUT2D eigenvalue weighted by Gasteiger charge is 2.20. The molecule has 1 saturated carbocycles. The second kappa shape index (κ2) is 8.28. The fraction of sp³-hybridized carbons (Fsp3) is 0.208. The van der Waals surface area contributed by atoms with Crippen LogP contribution < -0.4 is 21.7 Å².